The van der Waals surface area contributed by atoms with Crippen LogP contribution in [-0.4, -0.2) is 37.5 Å². The minimum Gasteiger partial charge on any atom is -0.325 e. The predicted octanol–water partition coefficient (Wildman–Crippen LogP) is 3.87. The van der Waals surface area contributed by atoms with Crippen molar-refractivity contribution in [2.75, 3.05) is 24.2 Å². The van der Waals surface area contributed by atoms with Crippen LogP contribution in [0.3, 0.4) is 0 Å². The van der Waals surface area contributed by atoms with Crippen molar-refractivity contribution in [3.05, 3.63) is 58.6 Å². The summed E-state index contributed by atoms with van der Waals surface area (Å²) in [6.45, 7) is 0.975. The molecule has 2 aromatic carbocycles. The summed E-state index contributed by atoms with van der Waals surface area (Å²) < 4.78 is 27.0. The van der Waals surface area contributed by atoms with Gasteiger partial charge in [-0.3, -0.25) is 4.79 Å². The van der Waals surface area contributed by atoms with E-state index >= 15 is 0 Å². The van der Waals surface area contributed by atoms with E-state index in [9.17, 15) is 13.2 Å². The summed E-state index contributed by atoms with van der Waals surface area (Å²) in [7, 11) is -3.66. The van der Waals surface area contributed by atoms with Gasteiger partial charge >= 0.3 is 0 Å². The van der Waals surface area contributed by atoms with Crippen LogP contribution in [-0.2, 0) is 20.6 Å². The number of thioether (sulfide) groups is 1. The molecule has 0 radical (unpaired) electrons. The Morgan fingerprint density at radius 2 is 1.86 bits per heavy atom. The van der Waals surface area contributed by atoms with Crippen molar-refractivity contribution in [2.45, 2.75) is 23.5 Å². The van der Waals surface area contributed by atoms with Gasteiger partial charge in [0.15, 0.2) is 0 Å². The summed E-state index contributed by atoms with van der Waals surface area (Å²) in [5.41, 5.74) is 2.02. The van der Waals surface area contributed by atoms with Crippen LogP contribution in [0.5, 0.6) is 0 Å². The molecule has 9 heteroatoms. The summed E-state index contributed by atoms with van der Waals surface area (Å²) in [6.07, 6.45) is 1.67. The summed E-state index contributed by atoms with van der Waals surface area (Å²) in [5.74, 6) is 0.626. The third kappa shape index (κ3) is 5.52. The van der Waals surface area contributed by atoms with Gasteiger partial charge in [-0.2, -0.15) is 9.57 Å². The first-order chi connectivity index (χ1) is 13.9. The van der Waals surface area contributed by atoms with Crippen LogP contribution in [0.2, 0.25) is 5.02 Å². The molecule has 152 valence electrons. The molecular weight excluding hydrogens is 430 g/mol. The maximum absolute atomic E-state index is 12.8. The first-order valence-electron chi connectivity index (χ1n) is 9.06. The zero-order valence-corrected chi connectivity index (χ0v) is 18.0. The van der Waals surface area contributed by atoms with Gasteiger partial charge in [-0.15, -0.1) is 11.8 Å². The molecule has 0 bridgehead atoms. The Balaban J connectivity index is 1.59. The van der Waals surface area contributed by atoms with Gasteiger partial charge in [0.1, 0.15) is 4.90 Å². The lowest BCUT2D eigenvalue weighted by atomic mass is 10.2. The molecule has 1 heterocycles. The molecule has 1 saturated heterocycles. The standard InChI is InChI=1S/C20H20ClN3O3S2/c21-18-8-7-17(11-19(18)29(26,27)24-9-1-2-10-24)23-20(25)14-28-13-16-5-3-15(12-22)4-6-16/h3-8,11H,1-2,9-10,13-14H2,(H,23,25). The smallest absolute Gasteiger partial charge is 0.244 e. The zero-order chi connectivity index (χ0) is 20.9. The lowest BCUT2D eigenvalue weighted by Crippen LogP contribution is -2.28. The monoisotopic (exact) mass is 449 g/mol. The number of sulfonamides is 1. The number of halogens is 1. The summed E-state index contributed by atoms with van der Waals surface area (Å²) >= 11 is 7.56. The number of hydrogen-bond donors (Lipinski definition) is 1. The fraction of sp³-hybridized carbons (Fsp3) is 0.300. The van der Waals surface area contributed by atoms with E-state index in [1.165, 1.54) is 28.2 Å². The first kappa shape index (κ1) is 21.7. The van der Waals surface area contributed by atoms with Crippen molar-refractivity contribution >= 4 is 45.0 Å². The van der Waals surface area contributed by atoms with Gasteiger partial charge in [0, 0.05) is 24.5 Å². The van der Waals surface area contributed by atoms with Crippen LogP contribution in [0, 0.1) is 11.3 Å². The van der Waals surface area contributed by atoms with Crippen LogP contribution in [0.25, 0.3) is 0 Å². The maximum Gasteiger partial charge on any atom is 0.244 e. The van der Waals surface area contributed by atoms with E-state index in [4.69, 9.17) is 16.9 Å². The number of carbonyl (C=O) groups is 1. The number of anilines is 1. The molecule has 1 aliphatic heterocycles. The number of nitriles is 1. The Hall–Kier alpha value is -2.05. The minimum absolute atomic E-state index is 0.0177. The van der Waals surface area contributed by atoms with Crippen LogP contribution < -0.4 is 5.32 Å². The minimum atomic E-state index is -3.66. The van der Waals surface area contributed by atoms with Crippen molar-refractivity contribution in [3.8, 4) is 6.07 Å². The normalized spacial score (nSPS) is 14.5. The Kier molecular flexibility index (Phi) is 7.19. The SMILES string of the molecule is N#Cc1ccc(CSCC(=O)Nc2ccc(Cl)c(S(=O)(=O)N3CCCC3)c2)cc1. The molecule has 2 aromatic rings. The van der Waals surface area contributed by atoms with E-state index < -0.39 is 10.0 Å². The molecule has 1 amide bonds. The van der Waals surface area contributed by atoms with Crippen LogP contribution in [0.15, 0.2) is 47.4 Å². The van der Waals surface area contributed by atoms with E-state index in [0.29, 0.717) is 30.1 Å². The highest BCUT2D eigenvalue weighted by molar-refractivity contribution is 7.99. The first-order valence-corrected chi connectivity index (χ1v) is 12.0. The topological polar surface area (TPSA) is 90.3 Å². The quantitative estimate of drug-likeness (QED) is 0.692. The number of carbonyl (C=O) groups excluding carboxylic acids is 1. The molecule has 0 aliphatic carbocycles. The Bertz CT molecular complexity index is 1030. The Labute approximate surface area is 179 Å². The summed E-state index contributed by atoms with van der Waals surface area (Å²) in [6, 6.07) is 13.8. The van der Waals surface area contributed by atoms with Crippen molar-refractivity contribution in [1.82, 2.24) is 4.31 Å². The Morgan fingerprint density at radius 1 is 1.17 bits per heavy atom. The average molecular weight is 450 g/mol. The second kappa shape index (κ2) is 9.63. The van der Waals surface area contributed by atoms with Crippen LogP contribution >= 0.6 is 23.4 Å². The molecule has 3 rings (SSSR count). The van der Waals surface area contributed by atoms with Gasteiger partial charge in [0.25, 0.3) is 0 Å². The van der Waals surface area contributed by atoms with Gasteiger partial charge in [0.05, 0.1) is 22.4 Å². The molecule has 0 saturated carbocycles. The van der Waals surface area contributed by atoms with Crippen LogP contribution in [0.4, 0.5) is 5.69 Å². The van der Waals surface area contributed by atoms with E-state index in [2.05, 4.69) is 11.4 Å². The van der Waals surface area contributed by atoms with E-state index in [1.807, 2.05) is 12.1 Å². The average Bonchev–Trinajstić information content (AvgIpc) is 3.26. The van der Waals surface area contributed by atoms with Crippen molar-refractivity contribution in [2.24, 2.45) is 0 Å². The number of amides is 1. The third-order valence-corrected chi connectivity index (χ3v) is 7.87. The van der Waals surface area contributed by atoms with Crippen LogP contribution in [0.1, 0.15) is 24.0 Å². The molecule has 0 atom stereocenters. The fourth-order valence-corrected chi connectivity index (χ4v) is 5.79. The second-order valence-corrected chi connectivity index (χ2v) is 9.91. The predicted molar refractivity (Wildman–Crippen MR) is 115 cm³/mol. The van der Waals surface area contributed by atoms with Gasteiger partial charge in [0.2, 0.25) is 15.9 Å². The molecular formula is C20H20ClN3O3S2. The van der Waals surface area contributed by atoms with Gasteiger partial charge in [-0.25, -0.2) is 8.42 Å². The zero-order valence-electron chi connectivity index (χ0n) is 15.6. The third-order valence-electron chi connectivity index (χ3n) is 4.48. The molecule has 1 aliphatic rings. The molecule has 1 N–H and O–H groups in total. The Morgan fingerprint density at radius 3 is 2.52 bits per heavy atom. The van der Waals surface area contributed by atoms with E-state index in [1.54, 1.807) is 18.2 Å². The lowest BCUT2D eigenvalue weighted by Gasteiger charge is -2.17. The number of nitrogens with zero attached hydrogens (tertiary/aromatic N) is 2. The van der Waals surface area contributed by atoms with Crippen molar-refractivity contribution < 1.29 is 13.2 Å². The highest BCUT2D eigenvalue weighted by Gasteiger charge is 2.29. The van der Waals surface area contributed by atoms with Gasteiger partial charge in [-0.05, 0) is 48.7 Å². The molecule has 6 nitrogen and oxygen atoms in total. The van der Waals surface area contributed by atoms with Gasteiger partial charge in [-0.1, -0.05) is 23.7 Å². The number of hydrogen-bond acceptors (Lipinski definition) is 5. The highest BCUT2D eigenvalue weighted by Crippen LogP contribution is 2.29. The number of benzene rings is 2. The second-order valence-electron chi connectivity index (χ2n) is 6.61. The van der Waals surface area contributed by atoms with Gasteiger partial charge < -0.3 is 5.32 Å². The summed E-state index contributed by atoms with van der Waals surface area (Å²) in [5, 5.41) is 11.7. The van der Waals surface area contributed by atoms with E-state index in [-0.39, 0.29) is 21.6 Å². The maximum atomic E-state index is 12.8. The fourth-order valence-electron chi connectivity index (χ4n) is 2.98. The van der Waals surface area contributed by atoms with Crippen molar-refractivity contribution in [1.29, 1.82) is 5.26 Å². The molecule has 29 heavy (non-hydrogen) atoms. The highest BCUT2D eigenvalue weighted by atomic mass is 35.5. The molecule has 0 aromatic heterocycles. The largest absolute Gasteiger partial charge is 0.325 e. The molecule has 0 unspecified atom stereocenters. The molecule has 0 spiro atoms. The molecule has 1 fully saturated rings. The number of rotatable bonds is 7. The summed E-state index contributed by atoms with van der Waals surface area (Å²) in [4.78, 5) is 12.3. The lowest BCUT2D eigenvalue weighted by molar-refractivity contribution is -0.113. The van der Waals surface area contributed by atoms with Crippen molar-refractivity contribution in [3.63, 3.8) is 0 Å². The number of nitrogens with one attached hydrogen (secondary N) is 1. The van der Waals surface area contributed by atoms with E-state index in [0.717, 1.165) is 18.4 Å².